The molecule has 0 fully saturated rings. The van der Waals surface area contributed by atoms with Crippen LogP contribution in [-0.2, 0) is 33.3 Å². The maximum absolute atomic E-state index is 13.1. The standard InChI is InChI=1S/C19H13F9N6O3S/c1-9(16(35)30-33-38(36,37)14-4-2-3-11(8-14)17(20,21)22)34-31-15(29-32-34)10-5-12(18(23,24)25)7-13(6-10)19(26,27)28/h2-9,33H,1H3,(H,30,35)/t9-/m0/s1. The first-order valence-electron chi connectivity index (χ1n) is 9.87. The van der Waals surface area contributed by atoms with E-state index >= 15 is 0 Å². The molecule has 0 saturated heterocycles. The van der Waals surface area contributed by atoms with E-state index in [1.807, 2.05) is 0 Å². The molecule has 38 heavy (non-hydrogen) atoms. The van der Waals surface area contributed by atoms with Gasteiger partial charge in [-0.2, -0.15) is 44.3 Å². The smallest absolute Gasteiger partial charge is 0.276 e. The van der Waals surface area contributed by atoms with Crippen molar-refractivity contribution in [3.05, 3.63) is 59.2 Å². The summed E-state index contributed by atoms with van der Waals surface area (Å²) in [4.78, 5) is 13.5. The van der Waals surface area contributed by atoms with Crippen LogP contribution < -0.4 is 10.3 Å². The van der Waals surface area contributed by atoms with Crippen molar-refractivity contribution >= 4 is 15.9 Å². The molecule has 0 spiro atoms. The number of sulfonamides is 1. The van der Waals surface area contributed by atoms with Gasteiger partial charge in [-0.25, -0.2) is 8.42 Å². The minimum Gasteiger partial charge on any atom is -0.276 e. The van der Waals surface area contributed by atoms with Crippen molar-refractivity contribution in [2.24, 2.45) is 0 Å². The number of rotatable bonds is 6. The van der Waals surface area contributed by atoms with Crippen LogP contribution in [0.25, 0.3) is 11.4 Å². The lowest BCUT2D eigenvalue weighted by Gasteiger charge is -2.13. The van der Waals surface area contributed by atoms with Gasteiger partial charge in [-0.1, -0.05) is 6.07 Å². The highest BCUT2D eigenvalue weighted by Crippen LogP contribution is 2.38. The molecule has 3 rings (SSSR count). The van der Waals surface area contributed by atoms with Gasteiger partial charge in [-0.15, -0.1) is 15.0 Å². The van der Waals surface area contributed by atoms with Gasteiger partial charge in [0, 0.05) is 5.56 Å². The van der Waals surface area contributed by atoms with Crippen LogP contribution in [-0.4, -0.2) is 34.5 Å². The first-order valence-corrected chi connectivity index (χ1v) is 11.4. The first-order chi connectivity index (χ1) is 17.3. The van der Waals surface area contributed by atoms with Crippen molar-refractivity contribution in [1.82, 2.24) is 30.5 Å². The van der Waals surface area contributed by atoms with Crippen molar-refractivity contribution in [2.45, 2.75) is 36.4 Å². The second kappa shape index (κ2) is 9.86. The predicted molar refractivity (Wildman–Crippen MR) is 108 cm³/mol. The lowest BCUT2D eigenvalue weighted by atomic mass is 10.0. The Balaban J connectivity index is 1.80. The number of nitrogens with zero attached hydrogens (tertiary/aromatic N) is 4. The van der Waals surface area contributed by atoms with E-state index in [4.69, 9.17) is 0 Å². The van der Waals surface area contributed by atoms with Crippen LogP contribution in [0.4, 0.5) is 39.5 Å². The molecular formula is C19H13F9N6O3S. The number of hydrazine groups is 1. The molecule has 0 aliphatic carbocycles. The molecule has 3 aromatic rings. The Morgan fingerprint density at radius 1 is 0.868 bits per heavy atom. The lowest BCUT2D eigenvalue weighted by molar-refractivity contribution is -0.143. The summed E-state index contributed by atoms with van der Waals surface area (Å²) in [5, 5.41) is 10.3. The quantitative estimate of drug-likeness (QED) is 0.339. The van der Waals surface area contributed by atoms with Crippen LogP contribution in [0.15, 0.2) is 47.4 Å². The van der Waals surface area contributed by atoms with E-state index in [0.29, 0.717) is 29.1 Å². The number of amides is 1. The molecule has 0 aliphatic rings. The molecule has 0 radical (unpaired) electrons. The molecule has 206 valence electrons. The number of aromatic nitrogens is 4. The minimum atomic E-state index is -5.14. The molecule has 0 aliphatic heterocycles. The van der Waals surface area contributed by atoms with E-state index in [2.05, 4.69) is 15.4 Å². The molecule has 19 heteroatoms. The predicted octanol–water partition coefficient (Wildman–Crippen LogP) is 3.97. The molecule has 0 bridgehead atoms. The minimum absolute atomic E-state index is 0.111. The molecule has 2 N–H and O–H groups in total. The van der Waals surface area contributed by atoms with Gasteiger partial charge in [-0.05, 0) is 48.5 Å². The summed E-state index contributed by atoms with van der Waals surface area (Å²) in [6.07, 6.45) is -15.1. The average molecular weight is 576 g/mol. The molecule has 2 aromatic carbocycles. The lowest BCUT2D eigenvalue weighted by Crippen LogP contribution is -2.44. The molecule has 9 nitrogen and oxygen atoms in total. The van der Waals surface area contributed by atoms with Crippen LogP contribution in [0.1, 0.15) is 29.7 Å². The SMILES string of the molecule is C[C@@H](C(=O)NNS(=O)(=O)c1cccc(C(F)(F)F)c1)n1nnc(-c2cc(C(F)(F)F)cc(C(F)(F)F)c2)n1. The summed E-state index contributed by atoms with van der Waals surface area (Å²) in [7, 11) is -4.69. The van der Waals surface area contributed by atoms with Crippen LogP contribution in [0.3, 0.4) is 0 Å². The zero-order valence-electron chi connectivity index (χ0n) is 18.4. The van der Waals surface area contributed by atoms with Gasteiger partial charge < -0.3 is 0 Å². The zero-order chi connectivity index (χ0) is 28.7. The number of hydrogen-bond acceptors (Lipinski definition) is 6. The van der Waals surface area contributed by atoms with E-state index in [-0.39, 0.29) is 6.07 Å². The van der Waals surface area contributed by atoms with Gasteiger partial charge in [0.15, 0.2) is 6.04 Å². The van der Waals surface area contributed by atoms with Gasteiger partial charge in [0.2, 0.25) is 5.82 Å². The van der Waals surface area contributed by atoms with Crippen molar-refractivity contribution in [2.75, 3.05) is 0 Å². The number of nitrogens with one attached hydrogen (secondary N) is 2. The second-order valence-corrected chi connectivity index (χ2v) is 9.21. The second-order valence-electron chi connectivity index (χ2n) is 7.52. The third-order valence-electron chi connectivity index (χ3n) is 4.78. The van der Waals surface area contributed by atoms with Gasteiger partial charge >= 0.3 is 18.5 Å². The fraction of sp³-hybridized carbons (Fsp3) is 0.263. The highest BCUT2D eigenvalue weighted by atomic mass is 32.2. The summed E-state index contributed by atoms with van der Waals surface area (Å²) < 4.78 is 142. The van der Waals surface area contributed by atoms with Crippen LogP contribution in [0.5, 0.6) is 0 Å². The number of halogens is 9. The van der Waals surface area contributed by atoms with Crippen molar-refractivity contribution < 1.29 is 52.7 Å². The topological polar surface area (TPSA) is 119 Å². The van der Waals surface area contributed by atoms with E-state index in [9.17, 15) is 52.7 Å². The maximum atomic E-state index is 13.1. The molecule has 1 heterocycles. The van der Waals surface area contributed by atoms with Crippen molar-refractivity contribution in [1.29, 1.82) is 0 Å². The molecule has 1 aromatic heterocycles. The zero-order valence-corrected chi connectivity index (χ0v) is 19.3. The maximum Gasteiger partial charge on any atom is 0.416 e. The van der Waals surface area contributed by atoms with Crippen LogP contribution in [0, 0.1) is 0 Å². The Morgan fingerprint density at radius 3 is 1.95 bits per heavy atom. The van der Waals surface area contributed by atoms with E-state index in [1.165, 1.54) is 0 Å². The van der Waals surface area contributed by atoms with Crippen molar-refractivity contribution in [3.8, 4) is 11.4 Å². The van der Waals surface area contributed by atoms with E-state index in [0.717, 1.165) is 19.1 Å². The van der Waals surface area contributed by atoms with Gasteiger partial charge in [0.05, 0.1) is 21.6 Å². The third-order valence-corrected chi connectivity index (χ3v) is 6.03. The molecule has 0 saturated carbocycles. The van der Waals surface area contributed by atoms with Crippen LogP contribution >= 0.6 is 0 Å². The number of tetrazole rings is 1. The highest BCUT2D eigenvalue weighted by Gasteiger charge is 2.37. The van der Waals surface area contributed by atoms with Gasteiger partial charge in [0.25, 0.3) is 15.9 Å². The van der Waals surface area contributed by atoms with E-state index < -0.39 is 73.5 Å². The Bertz CT molecular complexity index is 1420. The number of carbonyl (C=O) groups is 1. The average Bonchev–Trinajstić information content (AvgIpc) is 3.30. The highest BCUT2D eigenvalue weighted by molar-refractivity contribution is 7.89. The van der Waals surface area contributed by atoms with E-state index in [1.54, 1.807) is 10.3 Å². The summed E-state index contributed by atoms with van der Waals surface area (Å²) >= 11 is 0. The normalized spacial score (nSPS) is 13.8. The molecule has 0 unspecified atom stereocenters. The Labute approximate surface area is 206 Å². The summed E-state index contributed by atoms with van der Waals surface area (Å²) in [5.74, 6) is -1.92. The van der Waals surface area contributed by atoms with Gasteiger partial charge in [0.1, 0.15) is 0 Å². The van der Waals surface area contributed by atoms with Gasteiger partial charge in [-0.3, -0.25) is 10.2 Å². The number of benzene rings is 2. The Kier molecular flexibility index (Phi) is 7.48. The first kappa shape index (κ1) is 28.8. The molecule has 1 amide bonds. The summed E-state index contributed by atoms with van der Waals surface area (Å²) in [6.45, 7) is 1.06. The fourth-order valence-corrected chi connectivity index (χ4v) is 3.71. The summed E-state index contributed by atoms with van der Waals surface area (Å²) in [5.41, 5.74) is -3.59. The Morgan fingerprint density at radius 2 is 1.42 bits per heavy atom. The molecular weight excluding hydrogens is 563 g/mol. The third kappa shape index (κ3) is 6.57. The number of hydrogen-bond donors (Lipinski definition) is 2. The number of alkyl halides is 9. The number of carbonyl (C=O) groups excluding carboxylic acids is 1. The van der Waals surface area contributed by atoms with Crippen molar-refractivity contribution in [3.63, 3.8) is 0 Å². The molecule has 1 atom stereocenters. The largest absolute Gasteiger partial charge is 0.416 e. The monoisotopic (exact) mass is 576 g/mol. The summed E-state index contributed by atoms with van der Waals surface area (Å²) in [6, 6.07) is 1.61. The Hall–Kier alpha value is -3.74. The van der Waals surface area contributed by atoms with Crippen LogP contribution in [0.2, 0.25) is 0 Å². The fourth-order valence-electron chi connectivity index (χ4n) is 2.81.